The maximum Gasteiger partial charge on any atom is 0.243 e. The van der Waals surface area contributed by atoms with Crippen molar-refractivity contribution in [2.75, 3.05) is 13.6 Å². The summed E-state index contributed by atoms with van der Waals surface area (Å²) >= 11 is 0. The number of nitrogens with one attached hydrogen (secondary N) is 1. The molecule has 1 aromatic rings. The van der Waals surface area contributed by atoms with Crippen LogP contribution in [0.4, 0.5) is 0 Å². The molecule has 0 bridgehead atoms. The highest BCUT2D eigenvalue weighted by molar-refractivity contribution is 7.89. The Morgan fingerprint density at radius 1 is 1.20 bits per heavy atom. The van der Waals surface area contributed by atoms with Crippen LogP contribution < -0.4 is 5.32 Å². The highest BCUT2D eigenvalue weighted by atomic mass is 32.2. The lowest BCUT2D eigenvalue weighted by Crippen LogP contribution is -2.43. The lowest BCUT2D eigenvalue weighted by molar-refractivity contribution is -0.122. The zero-order chi connectivity index (χ0) is 15.3. The van der Waals surface area contributed by atoms with Gasteiger partial charge in [-0.3, -0.25) is 4.79 Å². The van der Waals surface area contributed by atoms with E-state index in [4.69, 9.17) is 0 Å². The molecule has 1 atom stereocenters. The van der Waals surface area contributed by atoms with Gasteiger partial charge in [-0.1, -0.05) is 32.0 Å². The number of carbonyl (C=O) groups excluding carboxylic acids is 1. The molecule has 0 aromatic heterocycles. The molecule has 0 saturated heterocycles. The Kier molecular flexibility index (Phi) is 5.71. The van der Waals surface area contributed by atoms with Crippen LogP contribution in [0.15, 0.2) is 35.2 Å². The van der Waals surface area contributed by atoms with Crippen molar-refractivity contribution >= 4 is 15.9 Å². The largest absolute Gasteiger partial charge is 0.352 e. The molecule has 0 aliphatic heterocycles. The van der Waals surface area contributed by atoms with Crippen LogP contribution in [0.2, 0.25) is 0 Å². The highest BCUT2D eigenvalue weighted by Gasteiger charge is 2.23. The summed E-state index contributed by atoms with van der Waals surface area (Å²) in [4.78, 5) is 12.0. The molecule has 0 saturated carbocycles. The van der Waals surface area contributed by atoms with E-state index in [9.17, 15) is 13.2 Å². The van der Waals surface area contributed by atoms with Gasteiger partial charge < -0.3 is 5.32 Å². The molecule has 1 amide bonds. The third-order valence-electron chi connectivity index (χ3n) is 3.21. The number of likely N-dealkylation sites (N-methyl/N-ethyl adjacent to an activating group) is 1. The minimum absolute atomic E-state index is 0.00956. The highest BCUT2D eigenvalue weighted by Crippen LogP contribution is 2.13. The van der Waals surface area contributed by atoms with E-state index in [0.29, 0.717) is 5.92 Å². The molecule has 1 unspecified atom stereocenters. The van der Waals surface area contributed by atoms with Crippen LogP contribution >= 0.6 is 0 Å². The van der Waals surface area contributed by atoms with Crippen molar-refractivity contribution in [2.45, 2.75) is 31.7 Å². The molecule has 5 nitrogen and oxygen atoms in total. The smallest absolute Gasteiger partial charge is 0.243 e. The molecular weight excluding hydrogens is 276 g/mol. The second kappa shape index (κ2) is 6.85. The van der Waals surface area contributed by atoms with Crippen LogP contribution in [0.25, 0.3) is 0 Å². The Bertz CT molecular complexity index is 541. The van der Waals surface area contributed by atoms with Gasteiger partial charge in [-0.2, -0.15) is 4.31 Å². The maximum absolute atomic E-state index is 12.2. The van der Waals surface area contributed by atoms with Crippen molar-refractivity contribution in [3.05, 3.63) is 30.3 Å². The fourth-order valence-corrected chi connectivity index (χ4v) is 2.67. The van der Waals surface area contributed by atoms with Gasteiger partial charge in [0, 0.05) is 13.1 Å². The van der Waals surface area contributed by atoms with Gasteiger partial charge in [0.15, 0.2) is 0 Å². The zero-order valence-corrected chi connectivity index (χ0v) is 13.1. The van der Waals surface area contributed by atoms with E-state index in [1.54, 1.807) is 18.2 Å². The van der Waals surface area contributed by atoms with E-state index in [1.165, 1.54) is 19.2 Å². The van der Waals surface area contributed by atoms with Gasteiger partial charge in [0.1, 0.15) is 0 Å². The van der Waals surface area contributed by atoms with Gasteiger partial charge in [-0.15, -0.1) is 0 Å². The molecule has 0 radical (unpaired) electrons. The number of benzene rings is 1. The van der Waals surface area contributed by atoms with Gasteiger partial charge in [-0.05, 0) is 25.0 Å². The fraction of sp³-hybridized carbons (Fsp3) is 0.500. The second-order valence-electron chi connectivity index (χ2n) is 5.17. The Labute approximate surface area is 121 Å². The summed E-state index contributed by atoms with van der Waals surface area (Å²) in [6.07, 6.45) is 0. The molecule has 1 N–H and O–H groups in total. The first-order valence-corrected chi connectivity index (χ1v) is 8.00. The predicted octanol–water partition coefficient (Wildman–Crippen LogP) is 1.47. The first-order valence-electron chi connectivity index (χ1n) is 6.56. The van der Waals surface area contributed by atoms with Gasteiger partial charge in [0.25, 0.3) is 0 Å². The van der Waals surface area contributed by atoms with Crippen molar-refractivity contribution in [3.8, 4) is 0 Å². The van der Waals surface area contributed by atoms with Crippen molar-refractivity contribution in [1.29, 1.82) is 0 Å². The SMILES string of the molecule is CC(C)C(C)NC(=O)CN(C)S(=O)(=O)c1ccccc1. The zero-order valence-electron chi connectivity index (χ0n) is 12.3. The number of nitrogens with zero attached hydrogens (tertiary/aromatic N) is 1. The van der Waals surface area contributed by atoms with E-state index in [0.717, 1.165) is 4.31 Å². The fourth-order valence-electron chi connectivity index (χ4n) is 1.53. The molecular formula is C14H22N2O3S. The number of hydrogen-bond acceptors (Lipinski definition) is 3. The Morgan fingerprint density at radius 3 is 2.25 bits per heavy atom. The van der Waals surface area contributed by atoms with Crippen LogP contribution in [0.5, 0.6) is 0 Å². The van der Waals surface area contributed by atoms with Crippen LogP contribution in [-0.4, -0.2) is 38.3 Å². The number of amides is 1. The number of rotatable bonds is 6. The molecule has 20 heavy (non-hydrogen) atoms. The summed E-state index contributed by atoms with van der Waals surface area (Å²) in [6.45, 7) is 5.70. The topological polar surface area (TPSA) is 66.5 Å². The summed E-state index contributed by atoms with van der Waals surface area (Å²) in [5.74, 6) is 0.00296. The first-order chi connectivity index (χ1) is 9.25. The van der Waals surface area contributed by atoms with Crippen molar-refractivity contribution in [3.63, 3.8) is 0 Å². The monoisotopic (exact) mass is 298 g/mol. The van der Waals surface area contributed by atoms with Gasteiger partial charge in [0.05, 0.1) is 11.4 Å². The van der Waals surface area contributed by atoms with Crippen molar-refractivity contribution < 1.29 is 13.2 Å². The average Bonchev–Trinajstić information content (AvgIpc) is 2.39. The van der Waals surface area contributed by atoms with E-state index in [2.05, 4.69) is 5.32 Å². The standard InChI is InChI=1S/C14H22N2O3S/c1-11(2)12(3)15-14(17)10-16(4)20(18,19)13-8-6-5-7-9-13/h5-9,11-12H,10H2,1-4H3,(H,15,17). The maximum atomic E-state index is 12.2. The van der Waals surface area contributed by atoms with E-state index >= 15 is 0 Å². The second-order valence-corrected chi connectivity index (χ2v) is 7.22. The van der Waals surface area contributed by atoms with Crippen molar-refractivity contribution in [1.82, 2.24) is 9.62 Å². The minimum atomic E-state index is -3.62. The minimum Gasteiger partial charge on any atom is -0.352 e. The summed E-state index contributed by atoms with van der Waals surface area (Å²) in [7, 11) is -2.21. The third-order valence-corrected chi connectivity index (χ3v) is 5.02. The molecule has 0 fully saturated rings. The Balaban J connectivity index is 2.71. The summed E-state index contributed by atoms with van der Waals surface area (Å²) < 4.78 is 25.5. The number of carbonyl (C=O) groups is 1. The van der Waals surface area contributed by atoms with Crippen molar-refractivity contribution in [2.24, 2.45) is 5.92 Å². The summed E-state index contributed by atoms with van der Waals surface area (Å²) in [5, 5.41) is 2.79. The molecule has 0 spiro atoms. The molecule has 0 aliphatic carbocycles. The first kappa shape index (κ1) is 16.7. The lowest BCUT2D eigenvalue weighted by Gasteiger charge is -2.21. The van der Waals surface area contributed by atoms with Crippen LogP contribution in [0.1, 0.15) is 20.8 Å². The van der Waals surface area contributed by atoms with Crippen LogP contribution in [0, 0.1) is 5.92 Å². The summed E-state index contributed by atoms with van der Waals surface area (Å²) in [5.41, 5.74) is 0. The Hall–Kier alpha value is -1.40. The normalized spacial score (nSPS) is 13.5. The average molecular weight is 298 g/mol. The summed E-state index contributed by atoms with van der Waals surface area (Å²) in [6, 6.07) is 8.09. The molecule has 6 heteroatoms. The number of hydrogen-bond donors (Lipinski definition) is 1. The van der Waals surface area contributed by atoms with E-state index in [1.807, 2.05) is 20.8 Å². The molecule has 0 aliphatic rings. The molecule has 1 aromatic carbocycles. The van der Waals surface area contributed by atoms with Gasteiger partial charge in [0.2, 0.25) is 15.9 Å². The molecule has 1 rings (SSSR count). The molecule has 0 heterocycles. The van der Waals surface area contributed by atoms with Gasteiger partial charge in [-0.25, -0.2) is 8.42 Å². The third kappa shape index (κ3) is 4.31. The number of sulfonamides is 1. The van der Waals surface area contributed by atoms with E-state index < -0.39 is 10.0 Å². The predicted molar refractivity (Wildman–Crippen MR) is 78.7 cm³/mol. The van der Waals surface area contributed by atoms with Gasteiger partial charge >= 0.3 is 0 Å². The molecule has 112 valence electrons. The van der Waals surface area contributed by atoms with Crippen LogP contribution in [-0.2, 0) is 14.8 Å². The Morgan fingerprint density at radius 2 is 1.75 bits per heavy atom. The van der Waals surface area contributed by atoms with Crippen LogP contribution in [0.3, 0.4) is 0 Å². The quantitative estimate of drug-likeness (QED) is 0.865. The lowest BCUT2D eigenvalue weighted by atomic mass is 10.1. The van der Waals surface area contributed by atoms with E-state index in [-0.39, 0.29) is 23.4 Å².